The first kappa shape index (κ1) is 16.5. The monoisotopic (exact) mass is 329 g/mol. The van der Waals surface area contributed by atoms with E-state index < -0.39 is 0 Å². The second-order valence-corrected chi connectivity index (χ2v) is 6.08. The van der Waals surface area contributed by atoms with Crippen LogP contribution in [0.1, 0.15) is 30.1 Å². The van der Waals surface area contributed by atoms with Crippen molar-refractivity contribution >= 4 is 5.91 Å². The number of nitrogens with zero attached hydrogens (tertiary/aromatic N) is 2. The molecule has 0 bridgehead atoms. The van der Waals surface area contributed by atoms with Crippen molar-refractivity contribution in [3.05, 3.63) is 48.3 Å². The average molecular weight is 329 g/mol. The standard InChI is InChI=1S/C18H23N3O3/c1-14(12-21-9-4-8-19-21)20-18(22)15-5-2-6-16(11-15)24-13-17-7-3-10-23-17/h2,4-6,8-9,11,14,17H,3,7,10,12-13H2,1H3,(H,20,22)/t14-,17+/m1/s1. The highest BCUT2D eigenvalue weighted by Gasteiger charge is 2.16. The zero-order valence-electron chi connectivity index (χ0n) is 13.9. The van der Waals surface area contributed by atoms with E-state index in [-0.39, 0.29) is 18.1 Å². The van der Waals surface area contributed by atoms with Gasteiger partial charge in [0.05, 0.1) is 12.6 Å². The minimum atomic E-state index is -0.114. The van der Waals surface area contributed by atoms with Gasteiger partial charge in [0.1, 0.15) is 12.4 Å². The first-order chi connectivity index (χ1) is 11.7. The van der Waals surface area contributed by atoms with Gasteiger partial charge >= 0.3 is 0 Å². The molecule has 0 radical (unpaired) electrons. The molecule has 1 aromatic heterocycles. The van der Waals surface area contributed by atoms with Gasteiger partial charge < -0.3 is 14.8 Å². The van der Waals surface area contributed by atoms with Crippen molar-refractivity contribution in [3.63, 3.8) is 0 Å². The van der Waals surface area contributed by atoms with E-state index in [1.54, 1.807) is 23.0 Å². The van der Waals surface area contributed by atoms with Gasteiger partial charge in [-0.2, -0.15) is 5.10 Å². The lowest BCUT2D eigenvalue weighted by atomic mass is 10.2. The predicted octanol–water partition coefficient (Wildman–Crippen LogP) is 2.26. The predicted molar refractivity (Wildman–Crippen MR) is 90.1 cm³/mol. The molecule has 1 aromatic carbocycles. The van der Waals surface area contributed by atoms with Crippen LogP contribution in [0.2, 0.25) is 0 Å². The molecule has 2 aromatic rings. The van der Waals surface area contributed by atoms with Crippen molar-refractivity contribution in [2.45, 2.75) is 38.5 Å². The molecule has 0 saturated carbocycles. The fraction of sp³-hybridized carbons (Fsp3) is 0.444. The summed E-state index contributed by atoms with van der Waals surface area (Å²) in [5, 5.41) is 7.12. The van der Waals surface area contributed by atoms with Crippen LogP contribution in [-0.2, 0) is 11.3 Å². The van der Waals surface area contributed by atoms with E-state index in [4.69, 9.17) is 9.47 Å². The summed E-state index contributed by atoms with van der Waals surface area (Å²) in [6.07, 6.45) is 5.89. The molecule has 6 heteroatoms. The lowest BCUT2D eigenvalue weighted by molar-refractivity contribution is 0.0679. The van der Waals surface area contributed by atoms with Gasteiger partial charge in [0.25, 0.3) is 5.91 Å². The van der Waals surface area contributed by atoms with Crippen LogP contribution in [0.25, 0.3) is 0 Å². The van der Waals surface area contributed by atoms with Crippen molar-refractivity contribution in [2.24, 2.45) is 0 Å². The van der Waals surface area contributed by atoms with Gasteiger partial charge in [0.15, 0.2) is 0 Å². The second kappa shape index (κ2) is 7.97. The van der Waals surface area contributed by atoms with E-state index in [2.05, 4.69) is 10.4 Å². The van der Waals surface area contributed by atoms with Gasteiger partial charge in [-0.25, -0.2) is 0 Å². The molecule has 0 aliphatic carbocycles. The Bertz CT molecular complexity index is 651. The SMILES string of the molecule is C[C@H](Cn1cccn1)NC(=O)c1cccc(OC[C@@H]2CCCO2)c1. The summed E-state index contributed by atoms with van der Waals surface area (Å²) < 4.78 is 13.1. The third-order valence-electron chi connectivity index (χ3n) is 3.95. The molecule has 1 aliphatic heterocycles. The number of carbonyl (C=O) groups is 1. The molecular formula is C18H23N3O3. The third-order valence-corrected chi connectivity index (χ3v) is 3.95. The largest absolute Gasteiger partial charge is 0.491 e. The maximum absolute atomic E-state index is 12.4. The number of hydrogen-bond acceptors (Lipinski definition) is 4. The Morgan fingerprint density at radius 2 is 2.42 bits per heavy atom. The molecule has 1 aliphatic rings. The van der Waals surface area contributed by atoms with Crippen LogP contribution in [-0.4, -0.2) is 41.0 Å². The molecule has 128 valence electrons. The second-order valence-electron chi connectivity index (χ2n) is 6.08. The van der Waals surface area contributed by atoms with Crippen molar-refractivity contribution in [1.29, 1.82) is 0 Å². The van der Waals surface area contributed by atoms with Crippen molar-refractivity contribution in [1.82, 2.24) is 15.1 Å². The Morgan fingerprint density at radius 3 is 3.17 bits per heavy atom. The zero-order chi connectivity index (χ0) is 16.8. The maximum atomic E-state index is 12.4. The van der Waals surface area contributed by atoms with E-state index in [1.165, 1.54) is 0 Å². The summed E-state index contributed by atoms with van der Waals surface area (Å²) in [5.41, 5.74) is 0.590. The number of aromatic nitrogens is 2. The Labute approximate surface area is 141 Å². The van der Waals surface area contributed by atoms with Crippen LogP contribution in [0.3, 0.4) is 0 Å². The highest BCUT2D eigenvalue weighted by atomic mass is 16.5. The van der Waals surface area contributed by atoms with Crippen molar-refractivity contribution in [2.75, 3.05) is 13.2 Å². The first-order valence-corrected chi connectivity index (χ1v) is 8.33. The van der Waals surface area contributed by atoms with Crippen LogP contribution in [0.15, 0.2) is 42.7 Å². The van der Waals surface area contributed by atoms with Gasteiger partial charge in [0, 0.05) is 30.6 Å². The third kappa shape index (κ3) is 4.58. The fourth-order valence-electron chi connectivity index (χ4n) is 2.73. The Morgan fingerprint density at radius 1 is 1.50 bits per heavy atom. The number of nitrogens with one attached hydrogen (secondary N) is 1. The molecule has 3 rings (SSSR count). The maximum Gasteiger partial charge on any atom is 0.251 e. The summed E-state index contributed by atoms with van der Waals surface area (Å²) >= 11 is 0. The lowest BCUT2D eigenvalue weighted by Crippen LogP contribution is -2.35. The average Bonchev–Trinajstić information content (AvgIpc) is 3.26. The molecule has 6 nitrogen and oxygen atoms in total. The van der Waals surface area contributed by atoms with Crippen LogP contribution in [0.4, 0.5) is 0 Å². The zero-order valence-corrected chi connectivity index (χ0v) is 13.9. The van der Waals surface area contributed by atoms with Gasteiger partial charge in [-0.05, 0) is 44.0 Å². The van der Waals surface area contributed by atoms with Gasteiger partial charge in [0.2, 0.25) is 0 Å². The Kier molecular flexibility index (Phi) is 5.48. The molecule has 1 N–H and O–H groups in total. The topological polar surface area (TPSA) is 65.4 Å². The molecule has 0 spiro atoms. The molecule has 1 amide bonds. The molecule has 24 heavy (non-hydrogen) atoms. The Hall–Kier alpha value is -2.34. The van der Waals surface area contributed by atoms with Gasteiger partial charge in [-0.1, -0.05) is 6.07 Å². The molecule has 2 heterocycles. The summed E-state index contributed by atoms with van der Waals surface area (Å²) in [6.45, 7) is 3.93. The van der Waals surface area contributed by atoms with E-state index >= 15 is 0 Å². The van der Waals surface area contributed by atoms with E-state index in [1.807, 2.05) is 31.3 Å². The molecular weight excluding hydrogens is 306 g/mol. The van der Waals surface area contributed by atoms with Crippen LogP contribution < -0.4 is 10.1 Å². The van der Waals surface area contributed by atoms with Crippen LogP contribution in [0.5, 0.6) is 5.75 Å². The fourth-order valence-corrected chi connectivity index (χ4v) is 2.73. The summed E-state index contributed by atoms with van der Waals surface area (Å²) in [6, 6.07) is 9.09. The van der Waals surface area contributed by atoms with Crippen molar-refractivity contribution in [3.8, 4) is 5.75 Å². The number of ether oxygens (including phenoxy) is 2. The smallest absolute Gasteiger partial charge is 0.251 e. The highest BCUT2D eigenvalue weighted by molar-refractivity contribution is 5.94. The van der Waals surface area contributed by atoms with Crippen LogP contribution >= 0.6 is 0 Å². The molecule has 1 fully saturated rings. The Balaban J connectivity index is 1.53. The van der Waals surface area contributed by atoms with Gasteiger partial charge in [-0.3, -0.25) is 9.48 Å². The van der Waals surface area contributed by atoms with E-state index in [0.717, 1.165) is 19.4 Å². The number of amides is 1. The number of hydrogen-bond donors (Lipinski definition) is 1. The highest BCUT2D eigenvalue weighted by Crippen LogP contribution is 2.17. The molecule has 2 atom stereocenters. The quantitative estimate of drug-likeness (QED) is 0.846. The first-order valence-electron chi connectivity index (χ1n) is 8.33. The van der Waals surface area contributed by atoms with E-state index in [0.29, 0.717) is 24.5 Å². The van der Waals surface area contributed by atoms with E-state index in [9.17, 15) is 4.79 Å². The number of carbonyl (C=O) groups excluding carboxylic acids is 1. The summed E-state index contributed by atoms with van der Waals surface area (Å²) in [4.78, 5) is 12.4. The molecule has 0 unspecified atom stereocenters. The number of rotatable bonds is 7. The van der Waals surface area contributed by atoms with Gasteiger partial charge in [-0.15, -0.1) is 0 Å². The normalized spacial score (nSPS) is 18.3. The van der Waals surface area contributed by atoms with Crippen LogP contribution in [0, 0.1) is 0 Å². The minimum absolute atomic E-state index is 0.0196. The summed E-state index contributed by atoms with van der Waals surface area (Å²) in [5.74, 6) is 0.579. The summed E-state index contributed by atoms with van der Waals surface area (Å²) in [7, 11) is 0. The van der Waals surface area contributed by atoms with Crippen molar-refractivity contribution < 1.29 is 14.3 Å². The number of benzene rings is 1. The molecule has 1 saturated heterocycles. The lowest BCUT2D eigenvalue weighted by Gasteiger charge is -2.15. The minimum Gasteiger partial charge on any atom is -0.491 e.